The Labute approximate surface area is 196 Å². The molecule has 6 nitrogen and oxygen atoms in total. The number of likely N-dealkylation sites (tertiary alicyclic amines) is 1. The molecule has 1 saturated carbocycles. The summed E-state index contributed by atoms with van der Waals surface area (Å²) in [5.41, 5.74) is 3.17. The van der Waals surface area contributed by atoms with Gasteiger partial charge in [0.15, 0.2) is 0 Å². The van der Waals surface area contributed by atoms with Gasteiger partial charge < -0.3 is 4.90 Å². The molecule has 3 heterocycles. The van der Waals surface area contributed by atoms with Crippen LogP contribution in [-0.4, -0.2) is 46.3 Å². The molecule has 1 aliphatic carbocycles. The molecule has 1 saturated heterocycles. The number of amides is 2. The molecule has 174 valence electrons. The average Bonchev–Trinajstić information content (AvgIpc) is 3.48. The minimum atomic E-state index is 0.120. The van der Waals surface area contributed by atoms with Crippen molar-refractivity contribution >= 4 is 17.6 Å². The summed E-state index contributed by atoms with van der Waals surface area (Å²) >= 11 is 0. The lowest BCUT2D eigenvalue weighted by molar-refractivity contribution is -0.136. The van der Waals surface area contributed by atoms with Gasteiger partial charge in [0, 0.05) is 42.7 Å². The molecule has 1 aromatic heterocycles. The van der Waals surface area contributed by atoms with Gasteiger partial charge in [0.05, 0.1) is 6.42 Å². The van der Waals surface area contributed by atoms with Crippen molar-refractivity contribution in [3.63, 3.8) is 0 Å². The number of nitrogens with zero attached hydrogens (tertiary/aromatic N) is 4. The van der Waals surface area contributed by atoms with Crippen LogP contribution in [0, 0.1) is 12.8 Å². The monoisotopic (exact) mass is 446 g/mol. The summed E-state index contributed by atoms with van der Waals surface area (Å²) in [7, 11) is 0. The highest BCUT2D eigenvalue weighted by atomic mass is 16.2. The number of hydrogen-bond donors (Lipinski definition) is 0. The molecule has 33 heavy (non-hydrogen) atoms. The summed E-state index contributed by atoms with van der Waals surface area (Å²) in [5, 5.41) is 0. The Kier molecular flexibility index (Phi) is 6.43. The fourth-order valence-corrected chi connectivity index (χ4v) is 5.72. The van der Waals surface area contributed by atoms with Gasteiger partial charge >= 0.3 is 0 Å². The van der Waals surface area contributed by atoms with E-state index >= 15 is 0 Å². The first kappa shape index (κ1) is 22.1. The maximum atomic E-state index is 13.0. The molecule has 1 aromatic carbocycles. The topological polar surface area (TPSA) is 66.4 Å². The lowest BCUT2D eigenvalue weighted by Gasteiger charge is -2.34. The minimum absolute atomic E-state index is 0.120. The van der Waals surface area contributed by atoms with Crippen LogP contribution in [0.4, 0.5) is 5.82 Å². The van der Waals surface area contributed by atoms with Crippen molar-refractivity contribution in [3.05, 3.63) is 53.0 Å². The van der Waals surface area contributed by atoms with Crippen molar-refractivity contribution in [2.75, 3.05) is 24.5 Å². The summed E-state index contributed by atoms with van der Waals surface area (Å²) in [6.45, 7) is 4.22. The molecular formula is C27H34N4O2. The van der Waals surface area contributed by atoms with E-state index in [4.69, 9.17) is 9.97 Å². The van der Waals surface area contributed by atoms with E-state index in [-0.39, 0.29) is 17.7 Å². The van der Waals surface area contributed by atoms with Gasteiger partial charge in [-0.3, -0.25) is 14.5 Å². The third kappa shape index (κ3) is 4.66. The molecule has 2 fully saturated rings. The Morgan fingerprint density at radius 3 is 2.64 bits per heavy atom. The molecule has 2 aromatic rings. The molecule has 0 spiro atoms. The number of fused-ring (bicyclic) bond motifs is 1. The second-order valence-electron chi connectivity index (χ2n) is 9.89. The number of carbonyl (C=O) groups is 2. The van der Waals surface area contributed by atoms with Crippen LogP contribution < -0.4 is 4.90 Å². The number of anilines is 1. The van der Waals surface area contributed by atoms with E-state index in [1.54, 1.807) is 0 Å². The van der Waals surface area contributed by atoms with Crippen LogP contribution in [0.2, 0.25) is 0 Å². The highest BCUT2D eigenvalue weighted by Gasteiger charge is 2.35. The Bertz CT molecular complexity index is 1020. The highest BCUT2D eigenvalue weighted by Crippen LogP contribution is 2.34. The molecular weight excluding hydrogens is 412 g/mol. The van der Waals surface area contributed by atoms with Crippen LogP contribution in [0.1, 0.15) is 73.5 Å². The Hall–Kier alpha value is -2.76. The Morgan fingerprint density at radius 1 is 1.06 bits per heavy atom. The SMILES string of the molecule is Cc1nc([C@@H]2CCCN(C(=O)C3CCCC3)C2)nc2c1CC(=O)N2CCCc1ccccc1. The van der Waals surface area contributed by atoms with Crippen LogP contribution in [0.25, 0.3) is 0 Å². The van der Waals surface area contributed by atoms with Crippen LogP contribution in [0.3, 0.4) is 0 Å². The van der Waals surface area contributed by atoms with E-state index in [0.29, 0.717) is 25.4 Å². The summed E-state index contributed by atoms with van der Waals surface area (Å²) in [4.78, 5) is 39.5. The molecule has 0 bridgehead atoms. The lowest BCUT2D eigenvalue weighted by atomic mass is 9.95. The van der Waals surface area contributed by atoms with E-state index in [9.17, 15) is 9.59 Å². The number of hydrogen-bond acceptors (Lipinski definition) is 4. The quantitative estimate of drug-likeness (QED) is 0.667. The van der Waals surface area contributed by atoms with Gasteiger partial charge in [-0.25, -0.2) is 9.97 Å². The predicted molar refractivity (Wildman–Crippen MR) is 128 cm³/mol. The second kappa shape index (κ2) is 9.62. The smallest absolute Gasteiger partial charge is 0.232 e. The van der Waals surface area contributed by atoms with Crippen molar-refractivity contribution in [1.29, 1.82) is 0 Å². The molecule has 2 aliphatic heterocycles. The van der Waals surface area contributed by atoms with Gasteiger partial charge in [0.1, 0.15) is 11.6 Å². The lowest BCUT2D eigenvalue weighted by Crippen LogP contribution is -2.42. The van der Waals surface area contributed by atoms with Crippen LogP contribution in [-0.2, 0) is 22.4 Å². The van der Waals surface area contributed by atoms with Gasteiger partial charge in [0.2, 0.25) is 11.8 Å². The molecule has 5 rings (SSSR count). The first-order chi connectivity index (χ1) is 16.1. The first-order valence-corrected chi connectivity index (χ1v) is 12.6. The fraction of sp³-hybridized carbons (Fsp3) is 0.556. The van der Waals surface area contributed by atoms with E-state index in [0.717, 1.165) is 68.0 Å². The fourth-order valence-electron chi connectivity index (χ4n) is 5.72. The Morgan fingerprint density at radius 2 is 1.85 bits per heavy atom. The van der Waals surface area contributed by atoms with Gasteiger partial charge in [-0.15, -0.1) is 0 Å². The first-order valence-electron chi connectivity index (χ1n) is 12.6. The summed E-state index contributed by atoms with van der Waals surface area (Å²) in [5.74, 6) is 2.41. The van der Waals surface area contributed by atoms with Gasteiger partial charge in [-0.05, 0) is 51.0 Å². The molecule has 1 atom stereocenters. The van der Waals surface area contributed by atoms with E-state index in [1.807, 2.05) is 17.9 Å². The Balaban J connectivity index is 1.30. The van der Waals surface area contributed by atoms with Gasteiger partial charge in [-0.2, -0.15) is 0 Å². The molecule has 3 aliphatic rings. The van der Waals surface area contributed by atoms with Crippen molar-refractivity contribution in [1.82, 2.24) is 14.9 Å². The summed E-state index contributed by atoms with van der Waals surface area (Å²) in [6.07, 6.45) is 8.64. The number of rotatable bonds is 6. The summed E-state index contributed by atoms with van der Waals surface area (Å²) < 4.78 is 0. The van der Waals surface area contributed by atoms with Crippen molar-refractivity contribution in [2.24, 2.45) is 5.92 Å². The summed E-state index contributed by atoms with van der Waals surface area (Å²) in [6, 6.07) is 10.4. The zero-order valence-electron chi connectivity index (χ0n) is 19.6. The zero-order chi connectivity index (χ0) is 22.8. The van der Waals surface area contributed by atoms with Gasteiger partial charge in [-0.1, -0.05) is 43.2 Å². The molecule has 0 N–H and O–H groups in total. The molecule has 0 unspecified atom stereocenters. The van der Waals surface area contributed by atoms with Crippen molar-refractivity contribution < 1.29 is 9.59 Å². The van der Waals surface area contributed by atoms with Crippen molar-refractivity contribution in [2.45, 2.75) is 70.6 Å². The zero-order valence-corrected chi connectivity index (χ0v) is 19.6. The third-order valence-electron chi connectivity index (χ3n) is 7.59. The van der Waals surface area contributed by atoms with E-state index in [1.165, 1.54) is 18.4 Å². The van der Waals surface area contributed by atoms with Crippen LogP contribution in [0.15, 0.2) is 30.3 Å². The number of aromatic nitrogens is 2. The largest absolute Gasteiger partial charge is 0.342 e. The molecule has 2 amide bonds. The van der Waals surface area contributed by atoms with E-state index in [2.05, 4.69) is 29.2 Å². The number of aryl methyl sites for hydroxylation is 2. The average molecular weight is 447 g/mol. The maximum Gasteiger partial charge on any atom is 0.232 e. The second-order valence-corrected chi connectivity index (χ2v) is 9.89. The van der Waals surface area contributed by atoms with E-state index < -0.39 is 0 Å². The maximum absolute atomic E-state index is 13.0. The van der Waals surface area contributed by atoms with Crippen molar-refractivity contribution in [3.8, 4) is 0 Å². The van der Waals surface area contributed by atoms with Crippen LogP contribution in [0.5, 0.6) is 0 Å². The number of benzene rings is 1. The number of piperidine rings is 1. The normalized spacial score (nSPS) is 21.0. The highest BCUT2D eigenvalue weighted by molar-refractivity contribution is 6.00. The molecule has 6 heteroatoms. The standard InChI is InChI=1S/C27H34N4O2/c1-19-23-17-24(32)31(16-7-11-20-9-3-2-4-10-20)26(23)29-25(28-19)22-14-8-15-30(18-22)27(33)21-12-5-6-13-21/h2-4,9-10,21-22H,5-8,11-18H2,1H3/t22-/m1/s1. The molecule has 0 radical (unpaired) electrons. The minimum Gasteiger partial charge on any atom is -0.342 e. The van der Waals surface area contributed by atoms with Crippen LogP contribution >= 0.6 is 0 Å². The third-order valence-corrected chi connectivity index (χ3v) is 7.59. The predicted octanol–water partition coefficient (Wildman–Crippen LogP) is 4.20. The number of carbonyl (C=O) groups excluding carboxylic acids is 2. The van der Waals surface area contributed by atoms with Gasteiger partial charge in [0.25, 0.3) is 0 Å².